The molecule has 2 heterocycles. The number of nitrogens with two attached hydrogens (primary N) is 1. The molecule has 1 saturated heterocycles. The Bertz CT molecular complexity index is 371. The highest BCUT2D eigenvalue weighted by atomic mass is 79.9. The van der Waals surface area contributed by atoms with Crippen LogP contribution in [-0.2, 0) is 0 Å². The first-order chi connectivity index (χ1) is 7.56. The molecule has 0 radical (unpaired) electrons. The zero-order valence-electron chi connectivity index (χ0n) is 9.78. The van der Waals surface area contributed by atoms with Crippen molar-refractivity contribution in [3.05, 3.63) is 22.3 Å². The Morgan fingerprint density at radius 3 is 2.88 bits per heavy atom. The molecule has 1 aliphatic rings. The summed E-state index contributed by atoms with van der Waals surface area (Å²) in [6.45, 7) is 6.31. The number of rotatable bonds is 1. The third-order valence-electron chi connectivity index (χ3n) is 3.05. The van der Waals surface area contributed by atoms with Gasteiger partial charge < -0.3 is 10.6 Å². The Morgan fingerprint density at radius 1 is 1.50 bits per heavy atom. The summed E-state index contributed by atoms with van der Waals surface area (Å²) >= 11 is 3.47. The summed E-state index contributed by atoms with van der Waals surface area (Å²) in [6, 6.07) is 2.39. The smallest absolute Gasteiger partial charge is 0.128 e. The van der Waals surface area contributed by atoms with Gasteiger partial charge in [0.1, 0.15) is 5.82 Å². The minimum absolute atomic E-state index is 0.273. The van der Waals surface area contributed by atoms with Gasteiger partial charge in [0, 0.05) is 29.8 Å². The summed E-state index contributed by atoms with van der Waals surface area (Å²) in [5.41, 5.74) is 7.26. The van der Waals surface area contributed by atoms with Gasteiger partial charge in [-0.1, -0.05) is 6.92 Å². The Labute approximate surface area is 105 Å². The Hall–Kier alpha value is -0.610. The van der Waals surface area contributed by atoms with Crippen LogP contribution in [0.3, 0.4) is 0 Å². The molecule has 88 valence electrons. The van der Waals surface area contributed by atoms with Crippen molar-refractivity contribution < 1.29 is 0 Å². The number of anilines is 1. The van der Waals surface area contributed by atoms with Crippen molar-refractivity contribution in [1.82, 2.24) is 4.98 Å². The molecule has 16 heavy (non-hydrogen) atoms. The summed E-state index contributed by atoms with van der Waals surface area (Å²) < 4.78 is 1.06. The Balaban J connectivity index is 2.19. The van der Waals surface area contributed by atoms with Crippen LogP contribution in [0.2, 0.25) is 0 Å². The first-order valence-electron chi connectivity index (χ1n) is 5.69. The second kappa shape index (κ2) is 4.72. The summed E-state index contributed by atoms with van der Waals surface area (Å²) in [7, 11) is 0. The fourth-order valence-electron chi connectivity index (χ4n) is 2.28. The van der Waals surface area contributed by atoms with E-state index in [9.17, 15) is 0 Å². The highest BCUT2D eigenvalue weighted by Gasteiger charge is 2.23. The van der Waals surface area contributed by atoms with Gasteiger partial charge in [-0.15, -0.1) is 0 Å². The largest absolute Gasteiger partial charge is 0.355 e. The van der Waals surface area contributed by atoms with E-state index in [4.69, 9.17) is 5.73 Å². The van der Waals surface area contributed by atoms with Gasteiger partial charge in [0.15, 0.2) is 0 Å². The average molecular weight is 284 g/mol. The second-order valence-corrected chi connectivity index (χ2v) is 5.65. The van der Waals surface area contributed by atoms with Gasteiger partial charge in [-0.3, -0.25) is 0 Å². The van der Waals surface area contributed by atoms with Crippen molar-refractivity contribution in [1.29, 1.82) is 0 Å². The summed E-state index contributed by atoms with van der Waals surface area (Å²) in [5.74, 6) is 1.69. The second-order valence-electron chi connectivity index (χ2n) is 4.80. The van der Waals surface area contributed by atoms with E-state index in [2.05, 4.69) is 45.7 Å². The lowest BCUT2D eigenvalue weighted by Crippen LogP contribution is -2.46. The molecule has 2 atom stereocenters. The molecule has 0 spiro atoms. The lowest BCUT2D eigenvalue weighted by molar-refractivity contribution is 0.400. The zero-order valence-corrected chi connectivity index (χ0v) is 11.4. The molecule has 0 aliphatic carbocycles. The molecule has 0 aromatic carbocycles. The predicted molar refractivity (Wildman–Crippen MR) is 70.6 cm³/mol. The molecule has 1 aromatic rings. The number of hydrogen-bond acceptors (Lipinski definition) is 3. The van der Waals surface area contributed by atoms with Crippen molar-refractivity contribution >= 4 is 21.7 Å². The number of aromatic nitrogens is 1. The van der Waals surface area contributed by atoms with Gasteiger partial charge in [0.2, 0.25) is 0 Å². The molecule has 1 aliphatic heterocycles. The average Bonchev–Trinajstić information content (AvgIpc) is 2.20. The molecule has 1 aromatic heterocycles. The minimum atomic E-state index is 0.273. The van der Waals surface area contributed by atoms with E-state index in [0.29, 0.717) is 5.92 Å². The minimum Gasteiger partial charge on any atom is -0.355 e. The van der Waals surface area contributed by atoms with Gasteiger partial charge in [0.05, 0.1) is 0 Å². The third kappa shape index (κ3) is 2.55. The van der Waals surface area contributed by atoms with Crippen LogP contribution in [0.5, 0.6) is 0 Å². The van der Waals surface area contributed by atoms with Crippen molar-refractivity contribution in [3.63, 3.8) is 0 Å². The number of hydrogen-bond donors (Lipinski definition) is 1. The third-order valence-corrected chi connectivity index (χ3v) is 3.88. The number of nitrogens with zero attached hydrogens (tertiary/aromatic N) is 2. The Morgan fingerprint density at radius 2 is 2.25 bits per heavy atom. The van der Waals surface area contributed by atoms with Crippen LogP contribution in [0.4, 0.5) is 5.82 Å². The molecule has 4 heteroatoms. The van der Waals surface area contributed by atoms with Crippen molar-refractivity contribution in [3.8, 4) is 0 Å². The fourth-order valence-corrected chi connectivity index (χ4v) is 2.50. The molecular formula is C12H18BrN3. The van der Waals surface area contributed by atoms with Crippen LogP contribution in [0.1, 0.15) is 18.9 Å². The Kier molecular flexibility index (Phi) is 3.50. The quantitative estimate of drug-likeness (QED) is 0.860. The highest BCUT2D eigenvalue weighted by molar-refractivity contribution is 9.10. The van der Waals surface area contributed by atoms with Crippen LogP contribution in [0.25, 0.3) is 0 Å². The van der Waals surface area contributed by atoms with E-state index in [-0.39, 0.29) is 6.04 Å². The lowest BCUT2D eigenvalue weighted by atomic mass is 9.96. The number of pyridine rings is 1. The van der Waals surface area contributed by atoms with Crippen molar-refractivity contribution in [2.45, 2.75) is 26.3 Å². The normalized spacial score (nSPS) is 25.9. The summed E-state index contributed by atoms with van der Waals surface area (Å²) in [6.07, 6.45) is 2.99. The standard InChI is InChI=1S/C12H18BrN3/c1-8-3-10(14)7-16(6-8)12-4-9(2)11(13)5-15-12/h4-5,8,10H,3,6-7,14H2,1-2H3. The number of aryl methyl sites for hydroxylation is 1. The maximum absolute atomic E-state index is 6.04. The number of halogens is 1. The molecule has 3 nitrogen and oxygen atoms in total. The van der Waals surface area contributed by atoms with Crippen LogP contribution >= 0.6 is 15.9 Å². The maximum atomic E-state index is 6.04. The first-order valence-corrected chi connectivity index (χ1v) is 6.48. The topological polar surface area (TPSA) is 42.1 Å². The molecule has 1 fully saturated rings. The van der Waals surface area contributed by atoms with E-state index in [0.717, 1.165) is 29.8 Å². The highest BCUT2D eigenvalue weighted by Crippen LogP contribution is 2.24. The van der Waals surface area contributed by atoms with E-state index in [1.165, 1.54) is 5.56 Å². The van der Waals surface area contributed by atoms with Crippen molar-refractivity contribution in [2.24, 2.45) is 11.7 Å². The van der Waals surface area contributed by atoms with E-state index in [1.807, 2.05) is 6.20 Å². The zero-order chi connectivity index (χ0) is 11.7. The maximum Gasteiger partial charge on any atom is 0.128 e. The lowest BCUT2D eigenvalue weighted by Gasteiger charge is -2.35. The SMILES string of the molecule is Cc1cc(N2CC(C)CC(N)C2)ncc1Br. The molecule has 2 N–H and O–H groups in total. The van der Waals surface area contributed by atoms with Crippen molar-refractivity contribution in [2.75, 3.05) is 18.0 Å². The van der Waals surface area contributed by atoms with Gasteiger partial charge in [-0.05, 0) is 46.8 Å². The fraction of sp³-hybridized carbons (Fsp3) is 0.583. The first kappa shape index (κ1) is 11.9. The van der Waals surface area contributed by atoms with E-state index < -0.39 is 0 Å². The van der Waals surface area contributed by atoms with E-state index >= 15 is 0 Å². The van der Waals surface area contributed by atoms with Gasteiger partial charge in [-0.2, -0.15) is 0 Å². The predicted octanol–water partition coefficient (Wildman–Crippen LogP) is 2.33. The van der Waals surface area contributed by atoms with Crippen LogP contribution < -0.4 is 10.6 Å². The molecule has 0 saturated carbocycles. The van der Waals surface area contributed by atoms with Crippen LogP contribution in [0.15, 0.2) is 16.7 Å². The van der Waals surface area contributed by atoms with Crippen LogP contribution in [-0.4, -0.2) is 24.1 Å². The molecular weight excluding hydrogens is 266 g/mol. The van der Waals surface area contributed by atoms with Gasteiger partial charge in [0.25, 0.3) is 0 Å². The van der Waals surface area contributed by atoms with Crippen LogP contribution in [0, 0.1) is 12.8 Å². The summed E-state index contributed by atoms with van der Waals surface area (Å²) in [5, 5.41) is 0. The number of piperidine rings is 1. The molecule has 2 rings (SSSR count). The molecule has 0 amide bonds. The van der Waals surface area contributed by atoms with Gasteiger partial charge >= 0.3 is 0 Å². The van der Waals surface area contributed by atoms with E-state index in [1.54, 1.807) is 0 Å². The van der Waals surface area contributed by atoms with Gasteiger partial charge in [-0.25, -0.2) is 4.98 Å². The monoisotopic (exact) mass is 283 g/mol. The summed E-state index contributed by atoms with van der Waals surface area (Å²) in [4.78, 5) is 6.75. The molecule has 2 unspecified atom stereocenters. The molecule has 0 bridgehead atoms.